The van der Waals surface area contributed by atoms with Crippen LogP contribution in [0.25, 0.3) is 11.0 Å². The number of ether oxygens (including phenoxy) is 1. The second-order valence-corrected chi connectivity index (χ2v) is 9.35. The Hall–Kier alpha value is -2.67. The summed E-state index contributed by atoms with van der Waals surface area (Å²) in [5.41, 5.74) is 1.59. The molecule has 0 atom stereocenters. The summed E-state index contributed by atoms with van der Waals surface area (Å²) >= 11 is 5.85. The molecule has 1 amide bonds. The minimum atomic E-state index is -0.504. The third-order valence-corrected chi connectivity index (χ3v) is 5.59. The van der Waals surface area contributed by atoms with Gasteiger partial charge in [0.2, 0.25) is 0 Å². The second kappa shape index (κ2) is 8.46. The van der Waals surface area contributed by atoms with Crippen molar-refractivity contribution in [2.24, 2.45) is 0 Å². The first-order valence-electron chi connectivity index (χ1n) is 10.4. The molecule has 8 heteroatoms. The van der Waals surface area contributed by atoms with E-state index >= 15 is 0 Å². The van der Waals surface area contributed by atoms with E-state index < -0.39 is 5.60 Å². The van der Waals surface area contributed by atoms with Gasteiger partial charge in [-0.25, -0.2) is 18.9 Å². The van der Waals surface area contributed by atoms with Gasteiger partial charge in [0.15, 0.2) is 5.65 Å². The fraction of sp³-hybridized carbons (Fsp3) is 0.435. The molecule has 6 nitrogen and oxygen atoms in total. The van der Waals surface area contributed by atoms with Gasteiger partial charge in [-0.3, -0.25) is 0 Å². The predicted molar refractivity (Wildman–Crippen MR) is 118 cm³/mol. The standard InChI is InChI=1S/C23H26ClFN4O2/c1-23(2,3)31-22(30)28-10-8-19(9-11-28)29-21-16(14-26-29)5-7-18(27-21)12-15-4-6-17(24)13-20(15)25/h4-7,13-14,19H,8-12H2,1-3H3. The SMILES string of the molecule is CC(C)(C)OC(=O)N1CCC(n2ncc3ccc(Cc4ccc(Cl)cc4F)nc32)CC1. The van der Waals surface area contributed by atoms with E-state index in [0.29, 0.717) is 30.1 Å². The van der Waals surface area contributed by atoms with Gasteiger partial charge in [-0.15, -0.1) is 0 Å². The molecule has 1 aliphatic heterocycles. The zero-order valence-electron chi connectivity index (χ0n) is 17.9. The number of piperidine rings is 1. The lowest BCUT2D eigenvalue weighted by Gasteiger charge is -2.33. The van der Waals surface area contributed by atoms with Crippen LogP contribution in [0.4, 0.5) is 9.18 Å². The molecule has 1 saturated heterocycles. The van der Waals surface area contributed by atoms with Crippen LogP contribution in [0.15, 0.2) is 36.5 Å². The van der Waals surface area contributed by atoms with Crippen molar-refractivity contribution in [3.63, 3.8) is 0 Å². The first kappa shape index (κ1) is 21.6. The van der Waals surface area contributed by atoms with Crippen molar-refractivity contribution in [1.82, 2.24) is 19.7 Å². The van der Waals surface area contributed by atoms with Gasteiger partial charge < -0.3 is 9.64 Å². The molecule has 0 spiro atoms. The van der Waals surface area contributed by atoms with Crippen LogP contribution in [0.3, 0.4) is 0 Å². The number of fused-ring (bicyclic) bond motifs is 1. The minimum Gasteiger partial charge on any atom is -0.444 e. The van der Waals surface area contributed by atoms with Crippen molar-refractivity contribution in [2.75, 3.05) is 13.1 Å². The van der Waals surface area contributed by atoms with E-state index in [0.717, 1.165) is 29.6 Å². The van der Waals surface area contributed by atoms with Gasteiger partial charge in [0.05, 0.1) is 12.2 Å². The number of aromatic nitrogens is 3. The Morgan fingerprint density at radius 1 is 1.23 bits per heavy atom. The number of hydrogen-bond donors (Lipinski definition) is 0. The topological polar surface area (TPSA) is 60.2 Å². The molecule has 164 valence electrons. The third-order valence-electron chi connectivity index (χ3n) is 5.35. The summed E-state index contributed by atoms with van der Waals surface area (Å²) in [4.78, 5) is 18.8. The van der Waals surface area contributed by atoms with Gasteiger partial charge in [-0.05, 0) is 63.4 Å². The third kappa shape index (κ3) is 4.98. The number of pyridine rings is 1. The molecule has 1 aliphatic rings. The zero-order valence-corrected chi connectivity index (χ0v) is 18.7. The number of rotatable bonds is 3. The maximum Gasteiger partial charge on any atom is 0.410 e. The van der Waals surface area contributed by atoms with Crippen LogP contribution in [-0.2, 0) is 11.2 Å². The van der Waals surface area contributed by atoms with Crippen LogP contribution in [0.2, 0.25) is 5.02 Å². The van der Waals surface area contributed by atoms with E-state index in [1.165, 1.54) is 6.07 Å². The minimum absolute atomic E-state index is 0.145. The number of benzene rings is 1. The second-order valence-electron chi connectivity index (χ2n) is 8.92. The molecular weight excluding hydrogens is 419 g/mol. The van der Waals surface area contributed by atoms with E-state index in [2.05, 4.69) is 5.10 Å². The molecule has 31 heavy (non-hydrogen) atoms. The molecule has 0 radical (unpaired) electrons. The molecule has 2 aromatic heterocycles. The Morgan fingerprint density at radius 3 is 2.65 bits per heavy atom. The number of amides is 1. The highest BCUT2D eigenvalue weighted by atomic mass is 35.5. The van der Waals surface area contributed by atoms with Gasteiger partial charge in [-0.1, -0.05) is 17.7 Å². The highest BCUT2D eigenvalue weighted by Crippen LogP contribution is 2.27. The van der Waals surface area contributed by atoms with E-state index in [4.69, 9.17) is 21.3 Å². The predicted octanol–water partition coefficient (Wildman–Crippen LogP) is 5.39. The van der Waals surface area contributed by atoms with E-state index in [9.17, 15) is 9.18 Å². The maximum absolute atomic E-state index is 14.2. The monoisotopic (exact) mass is 444 g/mol. The van der Waals surface area contributed by atoms with Gasteiger partial charge in [0.1, 0.15) is 11.4 Å². The molecule has 3 aromatic rings. The van der Waals surface area contributed by atoms with Crippen LogP contribution in [-0.4, -0.2) is 44.4 Å². The van der Waals surface area contributed by atoms with Crippen LogP contribution < -0.4 is 0 Å². The van der Waals surface area contributed by atoms with E-state index in [1.54, 1.807) is 23.2 Å². The summed E-state index contributed by atoms with van der Waals surface area (Å²) in [7, 11) is 0. The highest BCUT2D eigenvalue weighted by molar-refractivity contribution is 6.30. The number of halogens is 2. The van der Waals surface area contributed by atoms with Crippen molar-refractivity contribution in [1.29, 1.82) is 0 Å². The molecule has 0 bridgehead atoms. The van der Waals surface area contributed by atoms with Crippen molar-refractivity contribution in [2.45, 2.75) is 51.7 Å². The van der Waals surface area contributed by atoms with Crippen molar-refractivity contribution in [3.8, 4) is 0 Å². The number of carbonyl (C=O) groups excluding carboxylic acids is 1. The van der Waals surface area contributed by atoms with E-state index in [1.807, 2.05) is 37.6 Å². The van der Waals surface area contributed by atoms with Crippen LogP contribution in [0, 0.1) is 5.82 Å². The Morgan fingerprint density at radius 2 is 1.97 bits per heavy atom. The average molecular weight is 445 g/mol. The van der Waals surface area contributed by atoms with Crippen molar-refractivity contribution >= 4 is 28.7 Å². The Labute approximate surface area is 186 Å². The summed E-state index contributed by atoms with van der Waals surface area (Å²) in [6.07, 6.45) is 3.44. The lowest BCUT2D eigenvalue weighted by Crippen LogP contribution is -2.42. The normalized spacial score (nSPS) is 15.5. The van der Waals surface area contributed by atoms with E-state index in [-0.39, 0.29) is 18.0 Å². The fourth-order valence-corrected chi connectivity index (χ4v) is 3.97. The lowest BCUT2D eigenvalue weighted by atomic mass is 10.1. The number of carbonyl (C=O) groups is 1. The molecule has 0 unspecified atom stereocenters. The van der Waals surface area contributed by atoms with Crippen molar-refractivity contribution < 1.29 is 13.9 Å². The number of likely N-dealkylation sites (tertiary alicyclic amines) is 1. The zero-order chi connectivity index (χ0) is 22.2. The summed E-state index contributed by atoms with van der Waals surface area (Å²) in [5.74, 6) is -0.336. The molecule has 3 heterocycles. The fourth-order valence-electron chi connectivity index (χ4n) is 3.81. The van der Waals surface area contributed by atoms with Gasteiger partial charge >= 0.3 is 6.09 Å². The first-order chi connectivity index (χ1) is 14.7. The number of hydrogen-bond acceptors (Lipinski definition) is 4. The van der Waals surface area contributed by atoms with Gasteiger partial charge in [-0.2, -0.15) is 5.10 Å². The molecule has 0 saturated carbocycles. The quantitative estimate of drug-likeness (QED) is 0.543. The number of nitrogens with zero attached hydrogens (tertiary/aromatic N) is 4. The Balaban J connectivity index is 1.49. The largest absolute Gasteiger partial charge is 0.444 e. The maximum atomic E-state index is 14.2. The summed E-state index contributed by atoms with van der Waals surface area (Å²) in [5, 5.41) is 5.87. The summed E-state index contributed by atoms with van der Waals surface area (Å²) < 4.78 is 21.6. The summed E-state index contributed by atoms with van der Waals surface area (Å²) in [6.45, 7) is 6.82. The van der Waals surface area contributed by atoms with Crippen LogP contribution in [0.5, 0.6) is 0 Å². The first-order valence-corrected chi connectivity index (χ1v) is 10.8. The summed E-state index contributed by atoms with van der Waals surface area (Å²) in [6, 6.07) is 8.69. The van der Waals surface area contributed by atoms with Gasteiger partial charge in [0.25, 0.3) is 0 Å². The molecule has 0 aliphatic carbocycles. The molecule has 1 fully saturated rings. The van der Waals surface area contributed by atoms with Crippen molar-refractivity contribution in [3.05, 3.63) is 58.6 Å². The Bertz CT molecular complexity index is 1100. The smallest absolute Gasteiger partial charge is 0.410 e. The average Bonchev–Trinajstić information content (AvgIpc) is 3.12. The van der Waals surface area contributed by atoms with Crippen LogP contribution >= 0.6 is 11.6 Å². The Kier molecular flexibility index (Phi) is 5.88. The molecular formula is C23H26ClFN4O2. The molecule has 1 aromatic carbocycles. The lowest BCUT2D eigenvalue weighted by molar-refractivity contribution is 0.0186. The van der Waals surface area contributed by atoms with Crippen LogP contribution in [0.1, 0.15) is 50.9 Å². The van der Waals surface area contributed by atoms with Gasteiger partial charge in [0, 0.05) is 35.6 Å². The molecule has 4 rings (SSSR count). The molecule has 0 N–H and O–H groups in total. The highest BCUT2D eigenvalue weighted by Gasteiger charge is 2.28.